The van der Waals surface area contributed by atoms with Gasteiger partial charge in [0.2, 0.25) is 7.85 Å². The minimum atomic E-state index is -1.20. The maximum absolute atomic E-state index is 12.7. The molecular formula is C6H9BFNO3. The van der Waals surface area contributed by atoms with Crippen LogP contribution in [0.2, 0.25) is 0 Å². The van der Waals surface area contributed by atoms with Crippen LogP contribution >= 0.6 is 0 Å². The molecule has 12 heavy (non-hydrogen) atoms. The molecule has 0 aromatic carbocycles. The van der Waals surface area contributed by atoms with Crippen LogP contribution in [0.3, 0.4) is 0 Å². The van der Waals surface area contributed by atoms with Crippen molar-refractivity contribution >= 4 is 19.6 Å². The van der Waals surface area contributed by atoms with Crippen LogP contribution in [0.15, 0.2) is 0 Å². The molecule has 0 aromatic rings. The largest absolute Gasteiger partial charge is 0.480 e. The highest BCUT2D eigenvalue weighted by molar-refractivity contribution is 6.57. The lowest BCUT2D eigenvalue weighted by Crippen LogP contribution is -2.39. The van der Waals surface area contributed by atoms with E-state index in [4.69, 9.17) is 5.11 Å². The van der Waals surface area contributed by atoms with Crippen molar-refractivity contribution in [3.63, 3.8) is 0 Å². The molecule has 1 heterocycles. The molecule has 1 amide bonds. The zero-order valence-electron chi connectivity index (χ0n) is 6.66. The average molecular weight is 173 g/mol. The summed E-state index contributed by atoms with van der Waals surface area (Å²) in [5.74, 6) is -1.52. The summed E-state index contributed by atoms with van der Waals surface area (Å²) in [6, 6.07) is -0.975. The summed E-state index contributed by atoms with van der Waals surface area (Å²) in [5.41, 5.74) is 0. The molecule has 1 aliphatic rings. The summed E-state index contributed by atoms with van der Waals surface area (Å²) >= 11 is 0. The number of likely N-dealkylation sites (tertiary alicyclic amines) is 1. The average Bonchev–Trinajstić information content (AvgIpc) is 2.31. The quantitative estimate of drug-likeness (QED) is 0.530. The first kappa shape index (κ1) is 9.03. The minimum absolute atomic E-state index is 0.0884. The summed E-state index contributed by atoms with van der Waals surface area (Å²) in [5, 5.41) is 8.59. The molecule has 0 saturated carbocycles. The second-order valence-corrected chi connectivity index (χ2v) is 2.86. The lowest BCUT2D eigenvalue weighted by molar-refractivity contribution is -0.141. The Bertz CT molecular complexity index is 201. The molecule has 0 spiro atoms. The number of alkyl halides is 1. The molecule has 0 radical (unpaired) electrons. The van der Waals surface area contributed by atoms with E-state index in [0.717, 1.165) is 4.90 Å². The Morgan fingerprint density at radius 3 is 2.50 bits per heavy atom. The smallest absolute Gasteiger partial charge is 0.326 e. The van der Waals surface area contributed by atoms with Crippen LogP contribution in [0.5, 0.6) is 0 Å². The predicted octanol–water partition coefficient (Wildman–Crippen LogP) is -0.764. The minimum Gasteiger partial charge on any atom is -0.480 e. The fourth-order valence-corrected chi connectivity index (χ4v) is 1.37. The molecule has 1 aliphatic heterocycles. The Labute approximate surface area is 69.8 Å². The third-order valence-electron chi connectivity index (χ3n) is 1.94. The highest BCUT2D eigenvalue weighted by Gasteiger charge is 2.37. The molecule has 1 N–H and O–H groups in total. The number of nitrogens with zero attached hydrogens (tertiary/aromatic N) is 1. The summed E-state index contributed by atoms with van der Waals surface area (Å²) < 4.78 is 12.7. The summed E-state index contributed by atoms with van der Waals surface area (Å²) in [6.45, 7) is -0.0910. The van der Waals surface area contributed by atoms with Crippen LogP contribution in [-0.4, -0.2) is 48.4 Å². The first-order chi connectivity index (χ1) is 5.52. The van der Waals surface area contributed by atoms with Crippen molar-refractivity contribution in [3.8, 4) is 0 Å². The summed E-state index contributed by atoms with van der Waals surface area (Å²) in [6.07, 6.45) is -1.29. The number of carbonyl (C=O) groups excluding carboxylic acids is 1. The van der Waals surface area contributed by atoms with Crippen LogP contribution in [0, 0.1) is 0 Å². The number of hydrogen-bond acceptors (Lipinski definition) is 2. The van der Waals surface area contributed by atoms with Crippen LogP contribution in [0.1, 0.15) is 6.42 Å². The van der Waals surface area contributed by atoms with Gasteiger partial charge in [0.05, 0.1) is 6.54 Å². The monoisotopic (exact) mass is 173 g/mol. The zero-order valence-corrected chi connectivity index (χ0v) is 6.66. The van der Waals surface area contributed by atoms with E-state index in [-0.39, 0.29) is 18.8 Å². The molecule has 0 unspecified atom stereocenters. The Morgan fingerprint density at radius 1 is 1.58 bits per heavy atom. The van der Waals surface area contributed by atoms with Gasteiger partial charge in [0.1, 0.15) is 12.2 Å². The second kappa shape index (κ2) is 3.12. The number of carbonyl (C=O) groups is 2. The number of rotatable bonds is 1. The van der Waals surface area contributed by atoms with Gasteiger partial charge in [0.15, 0.2) is 5.81 Å². The van der Waals surface area contributed by atoms with E-state index in [0.29, 0.717) is 0 Å². The van der Waals surface area contributed by atoms with Crippen molar-refractivity contribution in [1.29, 1.82) is 0 Å². The van der Waals surface area contributed by atoms with Crippen LogP contribution in [-0.2, 0) is 4.79 Å². The van der Waals surface area contributed by atoms with Gasteiger partial charge in [-0.05, 0) is 0 Å². The Balaban J connectivity index is 2.72. The molecule has 0 bridgehead atoms. The van der Waals surface area contributed by atoms with Gasteiger partial charge in [0, 0.05) is 6.42 Å². The van der Waals surface area contributed by atoms with Gasteiger partial charge in [-0.3, -0.25) is 4.79 Å². The van der Waals surface area contributed by atoms with Crippen LogP contribution in [0.4, 0.5) is 9.18 Å². The first-order valence-corrected chi connectivity index (χ1v) is 3.66. The van der Waals surface area contributed by atoms with Gasteiger partial charge in [-0.25, -0.2) is 9.18 Å². The third kappa shape index (κ3) is 1.57. The van der Waals surface area contributed by atoms with Crippen molar-refractivity contribution in [3.05, 3.63) is 0 Å². The number of hydrogen-bond donors (Lipinski definition) is 1. The van der Waals surface area contributed by atoms with Gasteiger partial charge >= 0.3 is 5.97 Å². The van der Waals surface area contributed by atoms with E-state index in [1.165, 1.54) is 7.85 Å². The SMILES string of the molecule is BC(=O)N1C[C@@H](F)C[C@H]1C(=O)O. The van der Waals surface area contributed by atoms with Gasteiger partial charge in [-0.15, -0.1) is 0 Å². The van der Waals surface area contributed by atoms with Crippen molar-refractivity contribution in [2.24, 2.45) is 0 Å². The van der Waals surface area contributed by atoms with E-state index in [1.807, 2.05) is 0 Å². The fraction of sp³-hybridized carbons (Fsp3) is 0.667. The molecule has 1 fully saturated rings. The summed E-state index contributed by atoms with van der Waals surface area (Å²) in [7, 11) is 1.24. The maximum atomic E-state index is 12.7. The normalized spacial score (nSPS) is 28.9. The molecule has 6 heteroatoms. The first-order valence-electron chi connectivity index (χ1n) is 3.66. The Kier molecular flexibility index (Phi) is 2.35. The highest BCUT2D eigenvalue weighted by atomic mass is 19.1. The highest BCUT2D eigenvalue weighted by Crippen LogP contribution is 2.20. The maximum Gasteiger partial charge on any atom is 0.326 e. The second-order valence-electron chi connectivity index (χ2n) is 2.86. The fourth-order valence-electron chi connectivity index (χ4n) is 1.37. The molecule has 0 aliphatic carbocycles. The van der Waals surface area contributed by atoms with Gasteiger partial charge in [-0.1, -0.05) is 0 Å². The van der Waals surface area contributed by atoms with E-state index in [9.17, 15) is 14.0 Å². The van der Waals surface area contributed by atoms with Crippen LogP contribution < -0.4 is 0 Å². The van der Waals surface area contributed by atoms with Crippen LogP contribution in [0.25, 0.3) is 0 Å². The molecule has 1 rings (SSSR count). The number of carboxylic acid groups (broad SMARTS) is 1. The van der Waals surface area contributed by atoms with Gasteiger partial charge in [0.25, 0.3) is 0 Å². The molecule has 2 atom stereocenters. The topological polar surface area (TPSA) is 57.6 Å². The molecule has 0 aromatic heterocycles. The lowest BCUT2D eigenvalue weighted by atomic mass is 10.1. The Morgan fingerprint density at radius 2 is 2.17 bits per heavy atom. The number of aliphatic carboxylic acids is 1. The molecular weight excluding hydrogens is 164 g/mol. The number of amides is 1. The number of carboxylic acids is 1. The van der Waals surface area contributed by atoms with Crippen molar-refractivity contribution in [2.75, 3.05) is 6.54 Å². The molecule has 1 saturated heterocycles. The third-order valence-corrected chi connectivity index (χ3v) is 1.94. The molecule has 66 valence electrons. The van der Waals surface area contributed by atoms with Gasteiger partial charge in [-0.2, -0.15) is 0 Å². The van der Waals surface area contributed by atoms with Crippen molar-refractivity contribution in [1.82, 2.24) is 4.90 Å². The van der Waals surface area contributed by atoms with Crippen molar-refractivity contribution < 1.29 is 19.1 Å². The lowest BCUT2D eigenvalue weighted by Gasteiger charge is -2.18. The number of halogens is 1. The van der Waals surface area contributed by atoms with Crippen molar-refractivity contribution in [2.45, 2.75) is 18.6 Å². The van der Waals surface area contributed by atoms with E-state index < -0.39 is 18.2 Å². The standard InChI is InChI=1S/C6H9BFNO3/c7-6(12)9-2-3(8)1-4(9)5(10)11/h3-4H,1-2,7H2,(H,10,11)/t3-,4-/m0/s1. The van der Waals surface area contributed by atoms with E-state index in [2.05, 4.69) is 0 Å². The zero-order chi connectivity index (χ0) is 9.30. The van der Waals surface area contributed by atoms with Gasteiger partial charge < -0.3 is 10.0 Å². The Hall–Kier alpha value is -1.07. The van der Waals surface area contributed by atoms with E-state index >= 15 is 0 Å². The summed E-state index contributed by atoms with van der Waals surface area (Å²) in [4.78, 5) is 22.4. The molecule has 4 nitrogen and oxygen atoms in total. The van der Waals surface area contributed by atoms with E-state index in [1.54, 1.807) is 0 Å². The predicted molar refractivity (Wildman–Crippen MR) is 41.6 cm³/mol.